The van der Waals surface area contributed by atoms with Crippen LogP contribution in [0.15, 0.2) is 72.8 Å². The summed E-state index contributed by atoms with van der Waals surface area (Å²) in [6, 6.07) is 24.9. The highest BCUT2D eigenvalue weighted by molar-refractivity contribution is 7.42. The van der Waals surface area contributed by atoms with Gasteiger partial charge in [-0.2, -0.15) is 0 Å². The van der Waals surface area contributed by atoms with Gasteiger partial charge in [-0.15, -0.1) is 0 Å². The van der Waals surface area contributed by atoms with Crippen LogP contribution in [0.1, 0.15) is 25.0 Å². The largest absolute Gasteiger partial charge is 0.496 e. The third-order valence-corrected chi connectivity index (χ3v) is 7.33. The number of benzene rings is 4. The van der Waals surface area contributed by atoms with Crippen LogP contribution in [0.2, 0.25) is 0 Å². The van der Waals surface area contributed by atoms with Crippen LogP contribution < -0.4 is 9.26 Å². The van der Waals surface area contributed by atoms with Gasteiger partial charge in [0.05, 0.1) is 33.5 Å². The third-order valence-electron chi connectivity index (χ3n) is 6.06. The van der Waals surface area contributed by atoms with E-state index >= 15 is 0 Å². The SMILES string of the molecule is CCOP(OCC)Oc1c(-c2c(OC)ccc3ccccc23)cc2c(c1-c1ccccc1)COC2. The van der Waals surface area contributed by atoms with E-state index in [1.54, 1.807) is 7.11 Å². The van der Waals surface area contributed by atoms with Crippen molar-refractivity contribution in [2.75, 3.05) is 20.3 Å². The number of fused-ring (bicyclic) bond motifs is 2. The molecule has 0 spiro atoms. The molecule has 0 unspecified atom stereocenters. The zero-order valence-electron chi connectivity index (χ0n) is 20.2. The molecular weight excluding hydrogens is 459 g/mol. The van der Waals surface area contributed by atoms with Gasteiger partial charge in [-0.3, -0.25) is 0 Å². The Morgan fingerprint density at radius 3 is 2.31 bits per heavy atom. The predicted molar refractivity (Wildman–Crippen MR) is 141 cm³/mol. The Hall–Kier alpha value is -2.95. The van der Waals surface area contributed by atoms with Gasteiger partial charge in [-0.05, 0) is 53.4 Å². The lowest BCUT2D eigenvalue weighted by Crippen LogP contribution is -2.03. The zero-order valence-corrected chi connectivity index (χ0v) is 21.1. The summed E-state index contributed by atoms with van der Waals surface area (Å²) < 4.78 is 30.2. The van der Waals surface area contributed by atoms with E-state index in [0.29, 0.717) is 26.4 Å². The highest BCUT2D eigenvalue weighted by atomic mass is 31.2. The molecule has 0 bridgehead atoms. The van der Waals surface area contributed by atoms with Crippen LogP contribution in [0.5, 0.6) is 11.5 Å². The lowest BCUT2D eigenvalue weighted by Gasteiger charge is -2.24. The maximum Gasteiger partial charge on any atom is 0.397 e. The van der Waals surface area contributed by atoms with Crippen molar-refractivity contribution in [1.29, 1.82) is 0 Å². The van der Waals surface area contributed by atoms with E-state index in [9.17, 15) is 0 Å². The lowest BCUT2D eigenvalue weighted by atomic mass is 9.88. The fraction of sp³-hybridized carbons (Fsp3) is 0.241. The minimum absolute atomic E-state index is 0.493. The van der Waals surface area contributed by atoms with Gasteiger partial charge in [-0.25, -0.2) is 0 Å². The molecule has 1 heterocycles. The smallest absolute Gasteiger partial charge is 0.397 e. The van der Waals surface area contributed by atoms with E-state index in [1.807, 2.05) is 50.2 Å². The molecular formula is C29H29O5P. The van der Waals surface area contributed by atoms with Crippen molar-refractivity contribution in [3.63, 3.8) is 0 Å². The first-order valence-electron chi connectivity index (χ1n) is 11.9. The second-order valence-electron chi connectivity index (χ2n) is 8.14. The van der Waals surface area contributed by atoms with E-state index in [-0.39, 0.29) is 0 Å². The Labute approximate surface area is 207 Å². The average Bonchev–Trinajstić information content (AvgIpc) is 3.36. The van der Waals surface area contributed by atoms with Crippen LogP contribution in [0.3, 0.4) is 0 Å². The number of hydrogen-bond acceptors (Lipinski definition) is 5. The highest BCUT2D eigenvalue weighted by Gasteiger charge is 2.29. The second kappa shape index (κ2) is 10.8. The Kier molecular flexibility index (Phi) is 7.31. The van der Waals surface area contributed by atoms with Crippen LogP contribution in [0.25, 0.3) is 33.0 Å². The van der Waals surface area contributed by atoms with Gasteiger partial charge in [0.1, 0.15) is 11.5 Å². The molecule has 0 amide bonds. The van der Waals surface area contributed by atoms with Crippen LogP contribution in [0, 0.1) is 0 Å². The van der Waals surface area contributed by atoms with Crippen molar-refractivity contribution in [2.45, 2.75) is 27.1 Å². The summed E-state index contributed by atoms with van der Waals surface area (Å²) in [5, 5.41) is 2.22. The van der Waals surface area contributed by atoms with Crippen molar-refractivity contribution in [1.82, 2.24) is 0 Å². The molecule has 5 rings (SSSR count). The molecule has 0 saturated heterocycles. The Morgan fingerprint density at radius 1 is 0.829 bits per heavy atom. The predicted octanol–water partition coefficient (Wildman–Crippen LogP) is 7.89. The molecule has 0 N–H and O–H groups in total. The monoisotopic (exact) mass is 488 g/mol. The van der Waals surface area contributed by atoms with Gasteiger partial charge in [0.25, 0.3) is 0 Å². The standard InChI is InChI=1S/C29H29O5P/c1-4-32-35(33-5-2)34-29-24(28-23-14-10-9-11-20(23)15-16-26(28)30-3)17-22-18-31-19-25(22)27(29)21-12-7-6-8-13-21/h6-17H,4-5,18-19H2,1-3H3. The molecule has 6 heteroatoms. The zero-order chi connectivity index (χ0) is 24.2. The molecule has 0 radical (unpaired) electrons. The van der Waals surface area contributed by atoms with Crippen molar-refractivity contribution < 1.29 is 23.0 Å². The molecule has 0 aromatic heterocycles. The van der Waals surface area contributed by atoms with Crippen LogP contribution in [-0.4, -0.2) is 20.3 Å². The quantitative estimate of drug-likeness (QED) is 0.224. The minimum atomic E-state index is -1.60. The van der Waals surface area contributed by atoms with Gasteiger partial charge < -0.3 is 23.0 Å². The molecule has 180 valence electrons. The Bertz CT molecular complexity index is 1320. The molecule has 4 aromatic rings. The van der Waals surface area contributed by atoms with E-state index in [0.717, 1.165) is 55.7 Å². The topological polar surface area (TPSA) is 46.2 Å². The van der Waals surface area contributed by atoms with Crippen molar-refractivity contribution in [3.05, 3.63) is 83.9 Å². The van der Waals surface area contributed by atoms with Gasteiger partial charge in [0, 0.05) is 16.7 Å². The molecule has 35 heavy (non-hydrogen) atoms. The second-order valence-corrected chi connectivity index (χ2v) is 9.29. The summed E-state index contributed by atoms with van der Waals surface area (Å²) in [7, 11) is 0.109. The molecule has 1 aliphatic heterocycles. The molecule has 0 fully saturated rings. The maximum atomic E-state index is 6.65. The van der Waals surface area contributed by atoms with Gasteiger partial charge in [0.15, 0.2) is 0 Å². The lowest BCUT2D eigenvalue weighted by molar-refractivity contribution is 0.134. The van der Waals surface area contributed by atoms with Crippen molar-refractivity contribution >= 4 is 19.4 Å². The number of rotatable bonds is 9. The minimum Gasteiger partial charge on any atom is -0.496 e. The summed E-state index contributed by atoms with van der Waals surface area (Å²) in [6.45, 7) is 5.97. The fourth-order valence-corrected chi connectivity index (χ4v) is 5.52. The third kappa shape index (κ3) is 4.65. The summed E-state index contributed by atoms with van der Waals surface area (Å²) in [5.74, 6) is 1.51. The van der Waals surface area contributed by atoms with E-state index in [4.69, 9.17) is 23.0 Å². The van der Waals surface area contributed by atoms with Crippen LogP contribution >= 0.6 is 8.60 Å². The van der Waals surface area contributed by atoms with Gasteiger partial charge in [0.2, 0.25) is 0 Å². The Morgan fingerprint density at radius 2 is 1.57 bits per heavy atom. The van der Waals surface area contributed by atoms with Gasteiger partial charge >= 0.3 is 8.60 Å². The Balaban J connectivity index is 1.85. The average molecular weight is 489 g/mol. The van der Waals surface area contributed by atoms with E-state index in [1.165, 1.54) is 0 Å². The molecule has 5 nitrogen and oxygen atoms in total. The first kappa shape index (κ1) is 23.8. The number of methoxy groups -OCH3 is 1. The first-order valence-corrected chi connectivity index (χ1v) is 13.0. The molecule has 4 aromatic carbocycles. The summed E-state index contributed by atoms with van der Waals surface area (Å²) >= 11 is 0. The molecule has 0 aliphatic carbocycles. The first-order chi connectivity index (χ1) is 17.2. The van der Waals surface area contributed by atoms with Crippen LogP contribution in [-0.2, 0) is 27.0 Å². The summed E-state index contributed by atoms with van der Waals surface area (Å²) in [5.41, 5.74) is 6.28. The number of hydrogen-bond donors (Lipinski definition) is 0. The molecule has 0 saturated carbocycles. The van der Waals surface area contributed by atoms with Crippen molar-refractivity contribution in [2.24, 2.45) is 0 Å². The molecule has 0 atom stereocenters. The highest BCUT2D eigenvalue weighted by Crippen LogP contribution is 2.53. The maximum absolute atomic E-state index is 6.65. The van der Waals surface area contributed by atoms with Gasteiger partial charge in [-0.1, -0.05) is 60.7 Å². The van der Waals surface area contributed by atoms with E-state index < -0.39 is 8.60 Å². The fourth-order valence-electron chi connectivity index (χ4n) is 4.58. The van der Waals surface area contributed by atoms with E-state index in [2.05, 4.69) is 36.4 Å². The van der Waals surface area contributed by atoms with Crippen molar-refractivity contribution in [3.8, 4) is 33.8 Å². The summed E-state index contributed by atoms with van der Waals surface area (Å²) in [6.07, 6.45) is 0. The molecule has 1 aliphatic rings. The van der Waals surface area contributed by atoms with Crippen LogP contribution in [0.4, 0.5) is 0 Å². The number of ether oxygens (including phenoxy) is 2. The normalized spacial score (nSPS) is 12.8. The summed E-state index contributed by atoms with van der Waals surface area (Å²) in [4.78, 5) is 0.